The molecule has 92 valence electrons. The molecule has 4 heteroatoms. The lowest BCUT2D eigenvalue weighted by molar-refractivity contribution is -0.134. The molecule has 2 rings (SSSR count). The van der Waals surface area contributed by atoms with Crippen LogP contribution in [-0.4, -0.2) is 18.8 Å². The van der Waals surface area contributed by atoms with Gasteiger partial charge in [0.1, 0.15) is 5.00 Å². The zero-order chi connectivity index (χ0) is 13.0. The summed E-state index contributed by atoms with van der Waals surface area (Å²) in [5.41, 5.74) is 0.770. The van der Waals surface area contributed by atoms with Crippen LogP contribution in [0.4, 0.5) is 5.00 Å². The summed E-state index contributed by atoms with van der Waals surface area (Å²) in [4.78, 5) is 15.4. The lowest BCUT2D eigenvalue weighted by Gasteiger charge is -1.91. The molecule has 3 nitrogen and oxygen atoms in total. The van der Waals surface area contributed by atoms with Crippen LogP contribution in [0.3, 0.4) is 0 Å². The normalized spacial score (nSPS) is 12.2. The molecule has 0 saturated heterocycles. The summed E-state index contributed by atoms with van der Waals surface area (Å²) in [6.07, 6.45) is 3.02. The average molecular weight is 259 g/mol. The van der Waals surface area contributed by atoms with E-state index < -0.39 is 0 Å². The first-order valence-electron chi connectivity index (χ1n) is 5.49. The third-order valence-electron chi connectivity index (χ3n) is 2.36. The number of benzene rings is 1. The summed E-state index contributed by atoms with van der Waals surface area (Å²) >= 11 is 1.63. The van der Waals surface area contributed by atoms with E-state index in [2.05, 4.69) is 21.9 Å². The van der Waals surface area contributed by atoms with Crippen LogP contribution in [0, 0.1) is 0 Å². The number of ether oxygens (including phenoxy) is 1. The molecular weight excluding hydrogens is 246 g/mol. The molecule has 0 saturated carbocycles. The van der Waals surface area contributed by atoms with Crippen molar-refractivity contribution in [2.45, 2.75) is 6.92 Å². The molecule has 0 amide bonds. The minimum Gasteiger partial charge on any atom is -0.466 e. The van der Waals surface area contributed by atoms with Crippen LogP contribution in [0.2, 0.25) is 0 Å². The predicted molar refractivity (Wildman–Crippen MR) is 75.8 cm³/mol. The van der Waals surface area contributed by atoms with Gasteiger partial charge in [-0.05, 0) is 30.5 Å². The molecule has 2 aromatic rings. The van der Waals surface area contributed by atoms with E-state index in [0.29, 0.717) is 0 Å². The maximum atomic E-state index is 10.9. The number of rotatable bonds is 3. The van der Waals surface area contributed by atoms with Gasteiger partial charge in [0.2, 0.25) is 0 Å². The highest BCUT2D eigenvalue weighted by Gasteiger charge is 1.99. The van der Waals surface area contributed by atoms with Crippen molar-refractivity contribution in [3.05, 3.63) is 42.5 Å². The van der Waals surface area contributed by atoms with Gasteiger partial charge in [-0.3, -0.25) is 0 Å². The third-order valence-corrected chi connectivity index (χ3v) is 3.37. The van der Waals surface area contributed by atoms with Crippen LogP contribution in [0.5, 0.6) is 0 Å². The van der Waals surface area contributed by atoms with Gasteiger partial charge < -0.3 is 4.74 Å². The van der Waals surface area contributed by atoms with Crippen LogP contribution in [0.25, 0.3) is 10.1 Å². The van der Waals surface area contributed by atoms with E-state index in [9.17, 15) is 4.79 Å². The molecule has 0 bridgehead atoms. The Kier molecular flexibility index (Phi) is 3.89. The molecule has 0 atom stereocenters. The Morgan fingerprint density at radius 1 is 1.33 bits per heavy atom. The number of aliphatic imine (C=N–C) groups is 1. The van der Waals surface area contributed by atoms with E-state index in [-0.39, 0.29) is 5.97 Å². The topological polar surface area (TPSA) is 38.7 Å². The van der Waals surface area contributed by atoms with Crippen molar-refractivity contribution in [1.82, 2.24) is 0 Å². The number of carbonyl (C=O) groups is 1. The molecule has 0 spiro atoms. The molecule has 18 heavy (non-hydrogen) atoms. The van der Waals surface area contributed by atoms with Crippen molar-refractivity contribution in [1.29, 1.82) is 0 Å². The highest BCUT2D eigenvalue weighted by Crippen LogP contribution is 2.31. The smallest absolute Gasteiger partial charge is 0.330 e. The SMILES string of the molecule is COC(=O)/C=C/C(C)=N/c1cc2ccccc2s1. The quantitative estimate of drug-likeness (QED) is 0.478. The first kappa shape index (κ1) is 12.5. The average Bonchev–Trinajstić information content (AvgIpc) is 2.77. The van der Waals surface area contributed by atoms with E-state index in [1.54, 1.807) is 17.4 Å². The Hall–Kier alpha value is -1.94. The van der Waals surface area contributed by atoms with Crippen LogP contribution in [0.15, 0.2) is 47.5 Å². The van der Waals surface area contributed by atoms with Crippen molar-refractivity contribution in [3.63, 3.8) is 0 Å². The van der Waals surface area contributed by atoms with Gasteiger partial charge in [-0.15, -0.1) is 11.3 Å². The first-order chi connectivity index (χ1) is 8.69. The third kappa shape index (κ3) is 3.05. The highest BCUT2D eigenvalue weighted by molar-refractivity contribution is 7.22. The molecule has 1 heterocycles. The van der Waals surface area contributed by atoms with Crippen molar-refractivity contribution >= 4 is 38.1 Å². The van der Waals surface area contributed by atoms with Gasteiger partial charge in [0.25, 0.3) is 0 Å². The number of nitrogens with zero attached hydrogens (tertiary/aromatic N) is 1. The Labute approximate surface area is 109 Å². The Morgan fingerprint density at radius 2 is 2.11 bits per heavy atom. The van der Waals surface area contributed by atoms with E-state index in [1.807, 2.05) is 25.1 Å². The fraction of sp³-hybridized carbons (Fsp3) is 0.143. The second-order valence-electron chi connectivity index (χ2n) is 3.73. The van der Waals surface area contributed by atoms with Gasteiger partial charge in [-0.25, -0.2) is 9.79 Å². The number of carbonyl (C=O) groups excluding carboxylic acids is 1. The van der Waals surface area contributed by atoms with Gasteiger partial charge in [0.15, 0.2) is 0 Å². The molecule has 0 radical (unpaired) electrons. The molecule has 0 fully saturated rings. The van der Waals surface area contributed by atoms with Crippen molar-refractivity contribution in [2.75, 3.05) is 7.11 Å². The van der Waals surface area contributed by atoms with E-state index in [0.717, 1.165) is 10.7 Å². The van der Waals surface area contributed by atoms with E-state index in [1.165, 1.54) is 23.3 Å². The molecule has 0 aliphatic rings. The van der Waals surface area contributed by atoms with Gasteiger partial charge in [0, 0.05) is 16.5 Å². The van der Waals surface area contributed by atoms with Crippen LogP contribution in [-0.2, 0) is 9.53 Å². The van der Waals surface area contributed by atoms with Crippen LogP contribution < -0.4 is 0 Å². The highest BCUT2D eigenvalue weighted by atomic mass is 32.1. The molecule has 1 aromatic heterocycles. The molecule has 0 N–H and O–H groups in total. The Bertz CT molecular complexity index is 593. The first-order valence-corrected chi connectivity index (χ1v) is 6.30. The second-order valence-corrected chi connectivity index (χ2v) is 4.79. The zero-order valence-electron chi connectivity index (χ0n) is 10.2. The molecule has 0 aliphatic carbocycles. The number of hydrogen-bond donors (Lipinski definition) is 0. The van der Waals surface area contributed by atoms with Crippen molar-refractivity contribution < 1.29 is 9.53 Å². The summed E-state index contributed by atoms with van der Waals surface area (Å²) in [5, 5.41) is 2.12. The van der Waals surface area contributed by atoms with Crippen molar-refractivity contribution in [3.8, 4) is 0 Å². The summed E-state index contributed by atoms with van der Waals surface area (Å²) in [5.74, 6) is -0.374. The van der Waals surface area contributed by atoms with E-state index in [4.69, 9.17) is 0 Å². The number of allylic oxidation sites excluding steroid dienone is 1. The van der Waals surface area contributed by atoms with Crippen molar-refractivity contribution in [2.24, 2.45) is 4.99 Å². The predicted octanol–water partition coefficient (Wildman–Crippen LogP) is 3.72. The number of methoxy groups -OCH3 is 1. The second kappa shape index (κ2) is 5.60. The fourth-order valence-corrected chi connectivity index (χ4v) is 2.48. The molecular formula is C14H13NO2S. The monoisotopic (exact) mass is 259 g/mol. The number of fused-ring (bicyclic) bond motifs is 1. The largest absolute Gasteiger partial charge is 0.466 e. The summed E-state index contributed by atoms with van der Waals surface area (Å²) in [6.45, 7) is 1.85. The number of thiophene rings is 1. The maximum Gasteiger partial charge on any atom is 0.330 e. The van der Waals surface area contributed by atoms with Gasteiger partial charge in [0.05, 0.1) is 7.11 Å². The molecule has 0 aliphatic heterocycles. The van der Waals surface area contributed by atoms with Crippen LogP contribution in [0.1, 0.15) is 6.92 Å². The summed E-state index contributed by atoms with van der Waals surface area (Å²) in [6, 6.07) is 10.2. The maximum absolute atomic E-state index is 10.9. The molecule has 0 unspecified atom stereocenters. The summed E-state index contributed by atoms with van der Waals surface area (Å²) < 4.78 is 5.73. The minimum absolute atomic E-state index is 0.374. The summed E-state index contributed by atoms with van der Waals surface area (Å²) in [7, 11) is 1.35. The Balaban J connectivity index is 2.21. The zero-order valence-corrected chi connectivity index (χ0v) is 11.0. The standard InChI is InChI=1S/C14H13NO2S/c1-10(7-8-14(16)17-2)15-13-9-11-5-3-4-6-12(11)18-13/h3-9H,1-2H3/b8-7+,15-10+. The minimum atomic E-state index is -0.374. The Morgan fingerprint density at radius 3 is 2.83 bits per heavy atom. The van der Waals surface area contributed by atoms with Gasteiger partial charge >= 0.3 is 5.97 Å². The van der Waals surface area contributed by atoms with Gasteiger partial charge in [-0.1, -0.05) is 18.2 Å². The number of esters is 1. The fourth-order valence-electron chi connectivity index (χ4n) is 1.49. The lowest BCUT2D eigenvalue weighted by Crippen LogP contribution is -1.95. The lowest BCUT2D eigenvalue weighted by atomic mass is 10.3. The van der Waals surface area contributed by atoms with E-state index >= 15 is 0 Å². The van der Waals surface area contributed by atoms with Gasteiger partial charge in [-0.2, -0.15) is 0 Å². The van der Waals surface area contributed by atoms with Crippen LogP contribution >= 0.6 is 11.3 Å². The molecule has 1 aromatic carbocycles. The number of hydrogen-bond acceptors (Lipinski definition) is 4.